The lowest BCUT2D eigenvalue weighted by Crippen LogP contribution is -1.96. The number of hydrogen-bond acceptors (Lipinski definition) is 5. The monoisotopic (exact) mass is 268 g/mol. The highest BCUT2D eigenvalue weighted by Crippen LogP contribution is 2.22. The highest BCUT2D eigenvalue weighted by Gasteiger charge is 2.06. The highest BCUT2D eigenvalue weighted by molar-refractivity contribution is 7.10. The van der Waals surface area contributed by atoms with Gasteiger partial charge in [-0.25, -0.2) is 15.0 Å². The molecule has 0 aliphatic carbocycles. The number of nitrogens with zero attached hydrogens (tertiary/aromatic N) is 3. The molecule has 0 aliphatic heterocycles. The second-order valence-electron chi connectivity index (χ2n) is 4.10. The van der Waals surface area contributed by atoms with E-state index < -0.39 is 0 Å². The molecule has 4 nitrogen and oxygen atoms in total. The maximum atomic E-state index is 5.64. The van der Waals surface area contributed by atoms with Gasteiger partial charge in [0.05, 0.1) is 16.4 Å². The first-order valence-electron chi connectivity index (χ1n) is 5.87. The zero-order chi connectivity index (χ0) is 13.1. The van der Waals surface area contributed by atoms with Crippen molar-refractivity contribution in [3.63, 3.8) is 0 Å². The molecule has 0 saturated carbocycles. The molecule has 2 aromatic heterocycles. The fourth-order valence-corrected chi connectivity index (χ4v) is 2.62. The average molecular weight is 268 g/mol. The molecule has 19 heavy (non-hydrogen) atoms. The van der Waals surface area contributed by atoms with Crippen molar-refractivity contribution in [2.24, 2.45) is 0 Å². The van der Waals surface area contributed by atoms with Crippen LogP contribution in [0.1, 0.15) is 10.7 Å². The van der Waals surface area contributed by atoms with Gasteiger partial charge in [0.15, 0.2) is 0 Å². The summed E-state index contributed by atoms with van der Waals surface area (Å²) in [5.74, 6) is 0.491. The molecule has 0 aliphatic rings. The molecule has 3 rings (SSSR count). The number of nitrogen functional groups attached to an aromatic ring is 1. The summed E-state index contributed by atoms with van der Waals surface area (Å²) in [4.78, 5) is 12.7. The summed E-state index contributed by atoms with van der Waals surface area (Å²) in [5.41, 5.74) is 8.66. The number of thiazole rings is 1. The molecule has 0 atom stereocenters. The quantitative estimate of drug-likeness (QED) is 0.793. The molecule has 0 radical (unpaired) electrons. The first-order valence-corrected chi connectivity index (χ1v) is 6.75. The molecule has 1 aromatic carbocycles. The Morgan fingerprint density at radius 1 is 1.11 bits per heavy atom. The van der Waals surface area contributed by atoms with Gasteiger partial charge in [-0.05, 0) is 0 Å². The topological polar surface area (TPSA) is 64.7 Å². The maximum Gasteiger partial charge on any atom is 0.127 e. The van der Waals surface area contributed by atoms with E-state index in [0.717, 1.165) is 22.0 Å². The third-order valence-corrected chi connectivity index (χ3v) is 3.55. The molecule has 0 fully saturated rings. The second-order valence-corrected chi connectivity index (χ2v) is 5.05. The lowest BCUT2D eigenvalue weighted by molar-refractivity contribution is 1.02. The van der Waals surface area contributed by atoms with Crippen molar-refractivity contribution >= 4 is 17.2 Å². The Labute approximate surface area is 115 Å². The summed E-state index contributed by atoms with van der Waals surface area (Å²) in [7, 11) is 0. The van der Waals surface area contributed by atoms with Crippen molar-refractivity contribution in [3.05, 3.63) is 58.8 Å². The zero-order valence-corrected chi connectivity index (χ0v) is 11.0. The second kappa shape index (κ2) is 5.16. The summed E-state index contributed by atoms with van der Waals surface area (Å²) in [5, 5.41) is 3.09. The van der Waals surface area contributed by atoms with E-state index in [1.54, 1.807) is 17.4 Å². The third kappa shape index (κ3) is 2.77. The number of aromatic nitrogens is 3. The molecule has 5 heteroatoms. The predicted octanol–water partition coefficient (Wildman–Crippen LogP) is 2.77. The van der Waals surface area contributed by atoms with Crippen molar-refractivity contribution in [2.75, 3.05) is 5.73 Å². The van der Waals surface area contributed by atoms with Crippen LogP contribution in [0, 0.1) is 0 Å². The molecule has 94 valence electrons. The predicted molar refractivity (Wildman–Crippen MR) is 76.8 cm³/mol. The minimum absolute atomic E-state index is 0.491. The van der Waals surface area contributed by atoms with Crippen LogP contribution in [0.4, 0.5) is 5.82 Å². The number of nitrogens with two attached hydrogens (primary N) is 1. The van der Waals surface area contributed by atoms with Crippen molar-refractivity contribution < 1.29 is 0 Å². The Hall–Kier alpha value is -2.27. The van der Waals surface area contributed by atoms with Crippen LogP contribution in [-0.4, -0.2) is 15.0 Å². The zero-order valence-electron chi connectivity index (χ0n) is 10.2. The molecular formula is C14H12N4S. The van der Waals surface area contributed by atoms with Gasteiger partial charge in [-0.2, -0.15) is 0 Å². The van der Waals surface area contributed by atoms with Gasteiger partial charge in [0.25, 0.3) is 0 Å². The van der Waals surface area contributed by atoms with E-state index in [9.17, 15) is 0 Å². The van der Waals surface area contributed by atoms with Gasteiger partial charge < -0.3 is 5.73 Å². The van der Waals surface area contributed by atoms with Gasteiger partial charge >= 0.3 is 0 Å². The van der Waals surface area contributed by atoms with Crippen LogP contribution in [0.3, 0.4) is 0 Å². The van der Waals surface area contributed by atoms with E-state index in [0.29, 0.717) is 12.2 Å². The number of benzene rings is 1. The molecule has 0 unspecified atom stereocenters. The smallest absolute Gasteiger partial charge is 0.127 e. The van der Waals surface area contributed by atoms with Crippen molar-refractivity contribution in [1.82, 2.24) is 15.0 Å². The highest BCUT2D eigenvalue weighted by atomic mass is 32.1. The summed E-state index contributed by atoms with van der Waals surface area (Å²) in [6.45, 7) is 0. The Morgan fingerprint density at radius 2 is 1.95 bits per heavy atom. The summed E-state index contributed by atoms with van der Waals surface area (Å²) < 4.78 is 0. The van der Waals surface area contributed by atoms with Gasteiger partial charge in [0, 0.05) is 23.4 Å². The fraction of sp³-hybridized carbons (Fsp3) is 0.0714. The minimum atomic E-state index is 0.491. The van der Waals surface area contributed by atoms with Gasteiger partial charge in [-0.1, -0.05) is 30.3 Å². The normalized spacial score (nSPS) is 10.5. The van der Waals surface area contributed by atoms with E-state index in [1.807, 2.05) is 18.2 Å². The first kappa shape index (κ1) is 11.8. The molecule has 0 saturated heterocycles. The van der Waals surface area contributed by atoms with Crippen LogP contribution in [-0.2, 0) is 6.42 Å². The Balaban J connectivity index is 1.82. The Morgan fingerprint density at radius 3 is 2.74 bits per heavy atom. The summed E-state index contributed by atoms with van der Waals surface area (Å²) in [6, 6.07) is 11.9. The van der Waals surface area contributed by atoms with E-state index in [4.69, 9.17) is 5.73 Å². The summed E-state index contributed by atoms with van der Waals surface area (Å²) >= 11 is 1.63. The summed E-state index contributed by atoms with van der Waals surface area (Å²) in [6.07, 6.45) is 2.17. The molecule has 0 amide bonds. The van der Waals surface area contributed by atoms with Crippen LogP contribution in [0.2, 0.25) is 0 Å². The Bertz CT molecular complexity index is 679. The lowest BCUT2D eigenvalue weighted by Gasteiger charge is -1.98. The van der Waals surface area contributed by atoms with Gasteiger partial charge in [-0.15, -0.1) is 11.3 Å². The maximum absolute atomic E-state index is 5.64. The molecule has 0 bridgehead atoms. The molecule has 3 aromatic rings. The van der Waals surface area contributed by atoms with E-state index in [-0.39, 0.29) is 0 Å². The Kier molecular flexibility index (Phi) is 3.20. The van der Waals surface area contributed by atoms with Crippen molar-refractivity contribution in [2.45, 2.75) is 6.42 Å². The van der Waals surface area contributed by atoms with Crippen LogP contribution >= 0.6 is 11.3 Å². The molecule has 2 N–H and O–H groups in total. The van der Waals surface area contributed by atoms with Crippen LogP contribution in [0.25, 0.3) is 11.3 Å². The largest absolute Gasteiger partial charge is 0.384 e. The third-order valence-electron chi connectivity index (χ3n) is 2.70. The van der Waals surface area contributed by atoms with Gasteiger partial charge in [-0.3, -0.25) is 0 Å². The van der Waals surface area contributed by atoms with E-state index >= 15 is 0 Å². The van der Waals surface area contributed by atoms with Gasteiger partial charge in [0.2, 0.25) is 0 Å². The van der Waals surface area contributed by atoms with Crippen molar-refractivity contribution in [1.29, 1.82) is 0 Å². The van der Waals surface area contributed by atoms with Crippen molar-refractivity contribution in [3.8, 4) is 11.3 Å². The van der Waals surface area contributed by atoms with Crippen LogP contribution in [0.15, 0.2) is 48.1 Å². The van der Waals surface area contributed by atoms with Crippen LogP contribution in [0.5, 0.6) is 0 Å². The number of rotatable bonds is 3. The van der Waals surface area contributed by atoms with E-state index in [1.165, 1.54) is 6.33 Å². The minimum Gasteiger partial charge on any atom is -0.384 e. The average Bonchev–Trinajstić information content (AvgIpc) is 2.88. The van der Waals surface area contributed by atoms with E-state index in [2.05, 4.69) is 32.5 Å². The molecule has 0 spiro atoms. The molecule has 2 heterocycles. The fourth-order valence-electron chi connectivity index (χ4n) is 1.80. The SMILES string of the molecule is Nc1cc(Cc2nc(-c3ccccc3)cs2)ncn1. The molecular weight excluding hydrogens is 256 g/mol. The number of anilines is 1. The first-order chi connectivity index (χ1) is 9.31. The van der Waals surface area contributed by atoms with Crippen LogP contribution < -0.4 is 5.73 Å². The lowest BCUT2D eigenvalue weighted by atomic mass is 10.2. The van der Waals surface area contributed by atoms with Gasteiger partial charge in [0.1, 0.15) is 12.1 Å². The standard InChI is InChI=1S/C14H12N4S/c15-13-6-11(16-9-17-13)7-14-18-12(8-19-14)10-4-2-1-3-5-10/h1-6,8-9H,7H2,(H2,15,16,17). The number of hydrogen-bond donors (Lipinski definition) is 1.